The molecule has 102 valence electrons. The number of halogens is 1. The topological polar surface area (TPSA) is 41.9 Å². The van der Waals surface area contributed by atoms with Crippen LogP contribution in [0.2, 0.25) is 0 Å². The molecule has 0 amide bonds. The molecule has 2 rings (SSSR count). The van der Waals surface area contributed by atoms with E-state index in [4.69, 9.17) is 4.74 Å². The van der Waals surface area contributed by atoms with Gasteiger partial charge in [-0.2, -0.15) is 5.10 Å². The number of rotatable bonds is 4. The molecule has 0 radical (unpaired) electrons. The predicted octanol–water partition coefficient (Wildman–Crippen LogP) is 2.85. The first-order valence-corrected chi connectivity index (χ1v) is 6.97. The van der Waals surface area contributed by atoms with Gasteiger partial charge in [0.2, 0.25) is 0 Å². The molecule has 19 heavy (non-hydrogen) atoms. The minimum absolute atomic E-state index is 0.155. The van der Waals surface area contributed by atoms with Gasteiger partial charge in [0.15, 0.2) is 0 Å². The van der Waals surface area contributed by atoms with Gasteiger partial charge in [-0.15, -0.1) is 0 Å². The molecule has 1 aliphatic heterocycles. The van der Waals surface area contributed by atoms with Gasteiger partial charge >= 0.3 is 0 Å². The molecule has 0 spiro atoms. The first kappa shape index (κ1) is 14.2. The summed E-state index contributed by atoms with van der Waals surface area (Å²) in [5.74, 6) is 0. The Morgan fingerprint density at radius 3 is 2.84 bits per heavy atom. The fourth-order valence-corrected chi connectivity index (χ4v) is 2.78. The highest BCUT2D eigenvalue weighted by Crippen LogP contribution is 2.32. The second-order valence-corrected chi connectivity index (χ2v) is 5.55. The molecule has 1 atom stereocenters. The van der Waals surface area contributed by atoms with Crippen LogP contribution in [-0.2, 0) is 16.1 Å². The minimum atomic E-state index is -0.340. The Labute approximate surface area is 121 Å². The van der Waals surface area contributed by atoms with Crippen LogP contribution in [0.4, 0.5) is 0 Å². The van der Waals surface area contributed by atoms with Gasteiger partial charge < -0.3 is 9.53 Å². The van der Waals surface area contributed by atoms with Crippen LogP contribution >= 0.6 is 15.9 Å². The van der Waals surface area contributed by atoms with Crippen LogP contribution in [0.25, 0.3) is 0 Å². The smallest absolute Gasteiger partial charge is 0.148 e. The lowest BCUT2D eigenvalue weighted by atomic mass is 9.97. The van der Waals surface area contributed by atoms with Gasteiger partial charge in [-0.25, -0.2) is 0 Å². The molecule has 1 aliphatic rings. The minimum Gasteiger partial charge on any atom is -0.380 e. The molecular weight excluding hydrogens is 308 g/mol. The van der Waals surface area contributed by atoms with Gasteiger partial charge in [0.05, 0.1) is 6.61 Å². The zero-order chi connectivity index (χ0) is 14.0. The molecule has 0 N–H and O–H groups in total. The van der Waals surface area contributed by atoms with E-state index in [1.807, 2.05) is 37.1 Å². The Hall–Kier alpha value is -1.20. The summed E-state index contributed by atoms with van der Waals surface area (Å²) in [5.41, 5.74) is 2.99. The maximum Gasteiger partial charge on any atom is 0.148 e. The van der Waals surface area contributed by atoms with Crippen molar-refractivity contribution < 1.29 is 9.53 Å². The average Bonchev–Trinajstić information content (AvgIpc) is 2.38. The van der Waals surface area contributed by atoms with Crippen molar-refractivity contribution in [2.24, 2.45) is 5.10 Å². The molecule has 0 bridgehead atoms. The third-order valence-corrected chi connectivity index (χ3v) is 3.70. The van der Waals surface area contributed by atoms with E-state index in [0.717, 1.165) is 27.6 Å². The quantitative estimate of drug-likeness (QED) is 0.800. The Balaban J connectivity index is 2.50. The third kappa shape index (κ3) is 2.72. The number of aldehydes is 1. The van der Waals surface area contributed by atoms with Gasteiger partial charge in [-0.1, -0.05) is 18.2 Å². The van der Waals surface area contributed by atoms with E-state index in [9.17, 15) is 4.79 Å². The molecule has 1 unspecified atom stereocenters. The highest BCUT2D eigenvalue weighted by molar-refractivity contribution is 9.18. The van der Waals surface area contributed by atoms with E-state index in [-0.39, 0.29) is 12.1 Å². The maximum atomic E-state index is 11.5. The summed E-state index contributed by atoms with van der Waals surface area (Å²) in [6.45, 7) is 4.57. The molecule has 0 aliphatic carbocycles. The van der Waals surface area contributed by atoms with Crippen molar-refractivity contribution in [3.63, 3.8) is 0 Å². The van der Waals surface area contributed by atoms with Crippen LogP contribution < -0.4 is 0 Å². The predicted molar refractivity (Wildman–Crippen MR) is 78.4 cm³/mol. The van der Waals surface area contributed by atoms with Crippen LogP contribution in [0.5, 0.6) is 0 Å². The maximum absolute atomic E-state index is 11.5. The second kappa shape index (κ2) is 5.84. The van der Waals surface area contributed by atoms with Gasteiger partial charge in [0.25, 0.3) is 0 Å². The number of hydrogen-bond acceptors (Lipinski definition) is 4. The van der Waals surface area contributed by atoms with E-state index in [1.165, 1.54) is 0 Å². The van der Waals surface area contributed by atoms with Crippen molar-refractivity contribution in [1.82, 2.24) is 5.01 Å². The molecule has 0 fully saturated rings. The number of hydrazone groups is 1. The summed E-state index contributed by atoms with van der Waals surface area (Å²) < 4.78 is 5.91. The number of carbonyl (C=O) groups excluding carboxylic acids is 1. The number of ether oxygens (including phenoxy) is 1. The zero-order valence-corrected chi connectivity index (χ0v) is 12.8. The van der Waals surface area contributed by atoms with Gasteiger partial charge in [-0.05, 0) is 40.9 Å². The number of hydrogen-bond donors (Lipinski definition) is 0. The van der Waals surface area contributed by atoms with Gasteiger partial charge in [-0.3, -0.25) is 5.01 Å². The fraction of sp³-hybridized carbons (Fsp3) is 0.429. The molecule has 4 nitrogen and oxygen atoms in total. The van der Waals surface area contributed by atoms with Crippen molar-refractivity contribution in [1.29, 1.82) is 0 Å². The highest BCUT2D eigenvalue weighted by atomic mass is 79.9. The monoisotopic (exact) mass is 324 g/mol. The fourth-order valence-electron chi connectivity index (χ4n) is 2.23. The average molecular weight is 325 g/mol. The van der Waals surface area contributed by atoms with E-state index >= 15 is 0 Å². The summed E-state index contributed by atoms with van der Waals surface area (Å²) in [6, 6.07) is 5.80. The Morgan fingerprint density at radius 1 is 1.53 bits per heavy atom. The van der Waals surface area contributed by atoms with E-state index < -0.39 is 0 Å². The lowest BCUT2D eigenvalue weighted by molar-refractivity contribution is -0.113. The Morgan fingerprint density at radius 2 is 2.26 bits per heavy atom. The Bertz CT molecular complexity index is 514. The van der Waals surface area contributed by atoms with Crippen molar-refractivity contribution in [3.05, 3.63) is 34.9 Å². The van der Waals surface area contributed by atoms with E-state index in [1.54, 1.807) is 7.11 Å². The van der Waals surface area contributed by atoms with E-state index in [0.29, 0.717) is 6.61 Å². The standard InChI is InChI=1S/C14H17BrN2O2/c1-9(2)17-13(7-18)12-6-10(8-19-3)4-5-11(12)14(15)16-17/h4-7,9,13H,8H2,1-3H3. The van der Waals surface area contributed by atoms with Crippen LogP contribution in [0.1, 0.15) is 36.6 Å². The summed E-state index contributed by atoms with van der Waals surface area (Å²) in [4.78, 5) is 11.5. The lowest BCUT2D eigenvalue weighted by Gasteiger charge is -2.34. The second-order valence-electron chi connectivity index (χ2n) is 4.80. The van der Waals surface area contributed by atoms with Crippen LogP contribution in [0, 0.1) is 0 Å². The Kier molecular flexibility index (Phi) is 4.37. The molecule has 0 saturated carbocycles. The summed E-state index contributed by atoms with van der Waals surface area (Å²) in [5, 5.41) is 6.27. The normalized spacial score (nSPS) is 18.3. The van der Waals surface area contributed by atoms with E-state index in [2.05, 4.69) is 21.0 Å². The zero-order valence-electron chi connectivity index (χ0n) is 11.3. The number of nitrogens with zero attached hydrogens (tertiary/aromatic N) is 2. The molecule has 1 aromatic carbocycles. The van der Waals surface area contributed by atoms with Crippen molar-refractivity contribution in [3.8, 4) is 0 Å². The third-order valence-electron chi connectivity index (χ3n) is 3.11. The first-order valence-electron chi connectivity index (χ1n) is 6.18. The lowest BCUT2D eigenvalue weighted by Crippen LogP contribution is -2.35. The number of methoxy groups -OCH3 is 1. The molecule has 0 aromatic heterocycles. The van der Waals surface area contributed by atoms with Crippen molar-refractivity contribution in [2.75, 3.05) is 7.11 Å². The van der Waals surface area contributed by atoms with Gasteiger partial charge in [0, 0.05) is 18.7 Å². The SMILES string of the molecule is COCc1ccc2c(c1)C(C=O)N(C(C)C)N=C2Br. The summed E-state index contributed by atoms with van der Waals surface area (Å²) in [6.07, 6.45) is 0.943. The molecular formula is C14H17BrN2O2. The molecule has 1 aromatic rings. The molecule has 0 saturated heterocycles. The van der Waals surface area contributed by atoms with Crippen molar-refractivity contribution in [2.45, 2.75) is 32.5 Å². The highest BCUT2D eigenvalue weighted by Gasteiger charge is 2.29. The van der Waals surface area contributed by atoms with Crippen molar-refractivity contribution >= 4 is 26.8 Å². The first-order chi connectivity index (χ1) is 9.08. The van der Waals surface area contributed by atoms with Crippen LogP contribution in [0.15, 0.2) is 23.3 Å². The molecule has 5 heteroatoms. The summed E-state index contributed by atoms with van der Waals surface area (Å²) in [7, 11) is 1.66. The molecule has 1 heterocycles. The summed E-state index contributed by atoms with van der Waals surface area (Å²) >= 11 is 3.48. The number of benzene rings is 1. The number of carbonyl (C=O) groups is 1. The number of fused-ring (bicyclic) bond motifs is 1. The van der Waals surface area contributed by atoms with Crippen LogP contribution in [-0.4, -0.2) is 29.1 Å². The van der Waals surface area contributed by atoms with Crippen LogP contribution in [0.3, 0.4) is 0 Å². The largest absolute Gasteiger partial charge is 0.380 e. The van der Waals surface area contributed by atoms with Gasteiger partial charge in [0.1, 0.15) is 16.9 Å².